The average Bonchev–Trinajstić information content (AvgIpc) is 3.26. The Morgan fingerprint density at radius 2 is 1.97 bits per heavy atom. The number of carbonyl (C=O) groups excluding carboxylic acids is 2. The lowest BCUT2D eigenvalue weighted by molar-refractivity contribution is -0.140. The number of fused-ring (bicyclic) bond motifs is 1. The Labute approximate surface area is 181 Å². The highest BCUT2D eigenvalue weighted by Gasteiger charge is 2.19. The maximum Gasteiger partial charge on any atom is 0.305 e. The lowest BCUT2D eigenvalue weighted by Gasteiger charge is -2.14. The number of ether oxygens (including phenoxy) is 1. The van der Waals surface area contributed by atoms with Gasteiger partial charge in [0.1, 0.15) is 10.3 Å². The van der Waals surface area contributed by atoms with E-state index < -0.39 is 0 Å². The molecule has 2 aromatic heterocycles. The number of rotatable bonds is 8. The lowest BCUT2D eigenvalue weighted by Crippen LogP contribution is -2.23. The first-order valence-electron chi connectivity index (χ1n) is 9.21. The molecule has 0 spiro atoms. The summed E-state index contributed by atoms with van der Waals surface area (Å²) in [6, 6.07) is 9.82. The topological polar surface area (TPSA) is 76.5 Å². The minimum absolute atomic E-state index is 0.125. The van der Waals surface area contributed by atoms with Gasteiger partial charge in [-0.05, 0) is 43.2 Å². The van der Waals surface area contributed by atoms with E-state index in [0.717, 1.165) is 32.9 Å². The van der Waals surface area contributed by atoms with Gasteiger partial charge in [-0.15, -0.1) is 11.3 Å². The van der Waals surface area contributed by atoms with Crippen LogP contribution in [0.2, 0.25) is 0 Å². The molecule has 0 bridgehead atoms. The molecule has 0 aliphatic carbocycles. The maximum atomic E-state index is 12.5. The Balaban J connectivity index is 1.77. The van der Waals surface area contributed by atoms with E-state index in [4.69, 9.17) is 4.98 Å². The zero-order chi connectivity index (χ0) is 21.0. The van der Waals surface area contributed by atoms with Crippen molar-refractivity contribution < 1.29 is 14.3 Å². The van der Waals surface area contributed by atoms with E-state index in [-0.39, 0.29) is 11.9 Å². The van der Waals surface area contributed by atoms with E-state index in [0.29, 0.717) is 24.3 Å². The number of aromatic nitrogens is 2. The Hall–Kier alpha value is -2.39. The highest BCUT2D eigenvalue weighted by molar-refractivity contribution is 9.10. The number of methoxy groups -OCH3 is 1. The Kier molecular flexibility index (Phi) is 6.92. The third-order valence-electron chi connectivity index (χ3n) is 4.35. The number of unbranched alkanes of at least 4 members (excludes halogenated alkanes) is 1. The molecule has 0 aliphatic rings. The minimum Gasteiger partial charge on any atom is -0.469 e. The predicted molar refractivity (Wildman–Crippen MR) is 119 cm³/mol. The Morgan fingerprint density at radius 3 is 2.62 bits per heavy atom. The van der Waals surface area contributed by atoms with Crippen molar-refractivity contribution in [3.8, 4) is 5.69 Å². The Bertz CT molecular complexity index is 1010. The van der Waals surface area contributed by atoms with Crippen molar-refractivity contribution in [1.82, 2.24) is 14.9 Å². The molecule has 154 valence electrons. The summed E-state index contributed by atoms with van der Waals surface area (Å²) < 4.78 is 7.67. The third-order valence-corrected chi connectivity index (χ3v) is 5.98. The molecule has 1 aromatic carbocycles. The molecule has 0 atom stereocenters. The SMILES string of the molecule is COC(=O)CCCCNC(=O)c1cc2nc(N(C)C)n(-c3ccc(Br)cc3)c2s1. The monoisotopic (exact) mass is 478 g/mol. The Morgan fingerprint density at radius 1 is 1.24 bits per heavy atom. The van der Waals surface area contributed by atoms with Gasteiger partial charge in [0.05, 0.1) is 12.0 Å². The second kappa shape index (κ2) is 9.41. The normalized spacial score (nSPS) is 10.9. The van der Waals surface area contributed by atoms with Crippen LogP contribution in [0.5, 0.6) is 0 Å². The smallest absolute Gasteiger partial charge is 0.305 e. The number of hydrogen-bond donors (Lipinski definition) is 1. The summed E-state index contributed by atoms with van der Waals surface area (Å²) in [6.07, 6.45) is 1.77. The zero-order valence-corrected chi connectivity index (χ0v) is 19.0. The molecule has 1 amide bonds. The van der Waals surface area contributed by atoms with Gasteiger partial charge < -0.3 is 15.0 Å². The summed E-state index contributed by atoms with van der Waals surface area (Å²) in [4.78, 5) is 31.9. The van der Waals surface area contributed by atoms with Gasteiger partial charge in [0.25, 0.3) is 5.91 Å². The lowest BCUT2D eigenvalue weighted by atomic mass is 10.2. The molecule has 1 N–H and O–H groups in total. The summed E-state index contributed by atoms with van der Waals surface area (Å²) in [6.45, 7) is 0.515. The molecule has 0 unspecified atom stereocenters. The first-order chi connectivity index (χ1) is 13.9. The molecule has 0 saturated carbocycles. The van der Waals surface area contributed by atoms with E-state index in [1.165, 1.54) is 18.4 Å². The number of imidazole rings is 1. The molecule has 0 radical (unpaired) electrons. The third kappa shape index (κ3) is 4.97. The average molecular weight is 479 g/mol. The number of benzene rings is 1. The van der Waals surface area contributed by atoms with Gasteiger partial charge >= 0.3 is 5.97 Å². The number of nitrogens with one attached hydrogen (secondary N) is 1. The molecule has 3 aromatic rings. The molecular weight excluding hydrogens is 456 g/mol. The van der Waals surface area contributed by atoms with Crippen LogP contribution in [0.25, 0.3) is 16.0 Å². The van der Waals surface area contributed by atoms with E-state index in [2.05, 4.69) is 30.6 Å². The second-order valence-electron chi connectivity index (χ2n) is 6.71. The van der Waals surface area contributed by atoms with Gasteiger partial charge in [-0.25, -0.2) is 4.98 Å². The molecule has 0 saturated heterocycles. The standard InChI is InChI=1S/C20H23BrN4O3S/c1-24(2)20-23-15-12-16(18(27)22-11-5-4-6-17(26)28-3)29-19(15)25(20)14-9-7-13(21)8-10-14/h7-10,12H,4-6,11H2,1-3H3,(H,22,27). The molecule has 2 heterocycles. The van der Waals surface area contributed by atoms with Gasteiger partial charge in [-0.1, -0.05) is 15.9 Å². The van der Waals surface area contributed by atoms with E-state index >= 15 is 0 Å². The van der Waals surface area contributed by atoms with Crippen LogP contribution in [-0.4, -0.2) is 49.2 Å². The van der Waals surface area contributed by atoms with Gasteiger partial charge in [0, 0.05) is 37.2 Å². The number of amides is 1. The summed E-state index contributed by atoms with van der Waals surface area (Å²) >= 11 is 4.88. The van der Waals surface area contributed by atoms with Crippen LogP contribution in [0.15, 0.2) is 34.8 Å². The van der Waals surface area contributed by atoms with Crippen molar-refractivity contribution in [3.63, 3.8) is 0 Å². The van der Waals surface area contributed by atoms with Crippen LogP contribution in [0.3, 0.4) is 0 Å². The maximum absolute atomic E-state index is 12.5. The fraction of sp³-hybridized carbons (Fsp3) is 0.350. The van der Waals surface area contributed by atoms with Crippen molar-refractivity contribution in [3.05, 3.63) is 39.7 Å². The van der Waals surface area contributed by atoms with Crippen molar-refractivity contribution >= 4 is 55.4 Å². The molecule has 0 aliphatic heterocycles. The number of nitrogens with zero attached hydrogens (tertiary/aromatic N) is 3. The zero-order valence-electron chi connectivity index (χ0n) is 16.6. The van der Waals surface area contributed by atoms with Crippen LogP contribution < -0.4 is 10.2 Å². The highest BCUT2D eigenvalue weighted by atomic mass is 79.9. The number of hydrogen-bond acceptors (Lipinski definition) is 6. The summed E-state index contributed by atoms with van der Waals surface area (Å²) in [5.74, 6) is 0.455. The van der Waals surface area contributed by atoms with Crippen molar-refractivity contribution in [2.24, 2.45) is 0 Å². The van der Waals surface area contributed by atoms with Crippen molar-refractivity contribution in [2.75, 3.05) is 32.6 Å². The molecular formula is C20H23BrN4O3S. The fourth-order valence-electron chi connectivity index (χ4n) is 2.88. The largest absolute Gasteiger partial charge is 0.469 e. The predicted octanol–water partition coefficient (Wildman–Crippen LogP) is 3.99. The highest BCUT2D eigenvalue weighted by Crippen LogP contribution is 2.33. The van der Waals surface area contributed by atoms with Crippen LogP contribution in [0.4, 0.5) is 5.95 Å². The van der Waals surface area contributed by atoms with Gasteiger partial charge in [-0.3, -0.25) is 14.2 Å². The number of halogens is 1. The number of carbonyl (C=O) groups is 2. The van der Waals surface area contributed by atoms with Crippen LogP contribution in [-0.2, 0) is 9.53 Å². The van der Waals surface area contributed by atoms with E-state index in [9.17, 15) is 9.59 Å². The van der Waals surface area contributed by atoms with Crippen LogP contribution in [0.1, 0.15) is 28.9 Å². The van der Waals surface area contributed by atoms with E-state index in [1.54, 1.807) is 0 Å². The molecule has 29 heavy (non-hydrogen) atoms. The van der Waals surface area contributed by atoms with Gasteiger partial charge in [0.15, 0.2) is 0 Å². The first kappa shape index (κ1) is 21.3. The second-order valence-corrected chi connectivity index (χ2v) is 8.65. The molecule has 9 heteroatoms. The van der Waals surface area contributed by atoms with Gasteiger partial charge in [0.2, 0.25) is 5.95 Å². The van der Waals surface area contributed by atoms with Crippen molar-refractivity contribution in [2.45, 2.75) is 19.3 Å². The minimum atomic E-state index is -0.228. The summed E-state index contributed by atoms with van der Waals surface area (Å²) in [5.41, 5.74) is 1.77. The van der Waals surface area contributed by atoms with Crippen molar-refractivity contribution in [1.29, 1.82) is 0 Å². The first-order valence-corrected chi connectivity index (χ1v) is 10.8. The summed E-state index contributed by atoms with van der Waals surface area (Å²) in [5, 5.41) is 2.91. The number of thiophene rings is 1. The fourth-order valence-corrected chi connectivity index (χ4v) is 4.18. The molecule has 7 nitrogen and oxygen atoms in total. The van der Waals surface area contributed by atoms with Crippen LogP contribution >= 0.6 is 27.3 Å². The van der Waals surface area contributed by atoms with Gasteiger partial charge in [-0.2, -0.15) is 0 Å². The quantitative estimate of drug-likeness (QED) is 0.391. The molecule has 3 rings (SSSR count). The molecule has 0 fully saturated rings. The van der Waals surface area contributed by atoms with Crippen LogP contribution in [0, 0.1) is 0 Å². The number of anilines is 1. The number of esters is 1. The summed E-state index contributed by atoms with van der Waals surface area (Å²) in [7, 11) is 5.27. The van der Waals surface area contributed by atoms with E-state index in [1.807, 2.05) is 49.3 Å².